The van der Waals surface area contributed by atoms with Gasteiger partial charge in [0.1, 0.15) is 0 Å². The summed E-state index contributed by atoms with van der Waals surface area (Å²) < 4.78 is 24.7. The molecule has 0 unspecified atom stereocenters. The van der Waals surface area contributed by atoms with Crippen LogP contribution in [-0.4, -0.2) is 33.7 Å². The smallest absolute Gasteiger partial charge is 0.252 e. The number of hydrogen-bond donors (Lipinski definition) is 2. The molecule has 0 aromatic heterocycles. The monoisotopic (exact) mass is 334 g/mol. The maximum absolute atomic E-state index is 11.7. The van der Waals surface area contributed by atoms with Crippen LogP contribution in [-0.2, 0) is 10.0 Å². The van der Waals surface area contributed by atoms with Gasteiger partial charge in [0.05, 0.1) is 11.8 Å². The molecule has 18 heavy (non-hydrogen) atoms. The number of halogens is 1. The molecule has 7 heteroatoms. The number of sulfonamides is 1. The van der Waals surface area contributed by atoms with E-state index >= 15 is 0 Å². The third-order valence-corrected chi connectivity index (χ3v) is 3.54. The second kappa shape index (κ2) is 6.86. The number of amides is 1. The summed E-state index contributed by atoms with van der Waals surface area (Å²) in [6, 6.07) is 7.12. The molecule has 0 heterocycles. The maximum Gasteiger partial charge on any atom is 0.252 e. The highest BCUT2D eigenvalue weighted by Crippen LogP contribution is 2.15. The molecule has 1 aromatic carbocycles. The predicted octanol–water partition coefficient (Wildman–Crippen LogP) is 1.12. The molecular formula is C11H15BrN2O3S. The second-order valence-corrected chi connectivity index (χ2v) is 6.44. The highest BCUT2D eigenvalue weighted by molar-refractivity contribution is 9.10. The van der Waals surface area contributed by atoms with Gasteiger partial charge in [-0.15, -0.1) is 0 Å². The van der Waals surface area contributed by atoms with E-state index in [9.17, 15) is 13.2 Å². The van der Waals surface area contributed by atoms with Crippen LogP contribution in [0.15, 0.2) is 28.7 Å². The zero-order valence-electron chi connectivity index (χ0n) is 9.94. The van der Waals surface area contributed by atoms with Crippen molar-refractivity contribution in [2.45, 2.75) is 6.42 Å². The minimum Gasteiger partial charge on any atom is -0.352 e. The van der Waals surface area contributed by atoms with Crippen LogP contribution >= 0.6 is 15.9 Å². The summed E-state index contributed by atoms with van der Waals surface area (Å²) in [5, 5.41) is 2.72. The fourth-order valence-electron chi connectivity index (χ4n) is 1.29. The number of carbonyl (C=O) groups excluding carboxylic acids is 1. The van der Waals surface area contributed by atoms with Crippen LogP contribution in [0.25, 0.3) is 0 Å². The summed E-state index contributed by atoms with van der Waals surface area (Å²) >= 11 is 3.29. The molecular weight excluding hydrogens is 320 g/mol. The van der Waals surface area contributed by atoms with Crippen molar-refractivity contribution < 1.29 is 13.2 Å². The van der Waals surface area contributed by atoms with Crippen LogP contribution in [0.4, 0.5) is 0 Å². The Hall–Kier alpha value is -0.920. The van der Waals surface area contributed by atoms with Crippen molar-refractivity contribution in [2.75, 3.05) is 19.3 Å². The molecule has 5 nitrogen and oxygen atoms in total. The average Bonchev–Trinajstić information content (AvgIpc) is 2.27. The van der Waals surface area contributed by atoms with Crippen molar-refractivity contribution in [3.8, 4) is 0 Å². The summed E-state index contributed by atoms with van der Waals surface area (Å²) in [4.78, 5) is 11.7. The van der Waals surface area contributed by atoms with Crippen molar-refractivity contribution in [3.05, 3.63) is 34.3 Å². The summed E-state index contributed by atoms with van der Waals surface area (Å²) in [7, 11) is -3.15. The SMILES string of the molecule is CS(=O)(=O)NCCCNC(=O)c1ccccc1Br. The number of nitrogens with one attached hydrogen (secondary N) is 2. The second-order valence-electron chi connectivity index (χ2n) is 3.76. The van der Waals surface area contributed by atoms with Gasteiger partial charge in [0.2, 0.25) is 10.0 Å². The fraction of sp³-hybridized carbons (Fsp3) is 0.364. The first-order valence-electron chi connectivity index (χ1n) is 5.37. The molecule has 0 saturated carbocycles. The standard InChI is InChI=1S/C11H15BrN2O3S/c1-18(16,17)14-8-4-7-13-11(15)9-5-2-3-6-10(9)12/h2-3,5-6,14H,4,7-8H2,1H3,(H,13,15). The quantitative estimate of drug-likeness (QED) is 0.765. The van der Waals surface area contributed by atoms with E-state index in [0.717, 1.165) is 10.7 Å². The zero-order valence-corrected chi connectivity index (χ0v) is 12.3. The van der Waals surface area contributed by atoms with Crippen LogP contribution < -0.4 is 10.0 Å². The van der Waals surface area contributed by atoms with Crippen LogP contribution in [0.2, 0.25) is 0 Å². The third kappa shape index (κ3) is 5.61. The van der Waals surface area contributed by atoms with Gasteiger partial charge in [-0.3, -0.25) is 4.79 Å². The lowest BCUT2D eigenvalue weighted by Gasteiger charge is -2.06. The van der Waals surface area contributed by atoms with Gasteiger partial charge >= 0.3 is 0 Å². The molecule has 0 aliphatic rings. The number of rotatable bonds is 6. The molecule has 0 spiro atoms. The Bertz CT molecular complexity index is 517. The molecule has 0 bridgehead atoms. The average molecular weight is 335 g/mol. The largest absolute Gasteiger partial charge is 0.352 e. The highest BCUT2D eigenvalue weighted by atomic mass is 79.9. The van der Waals surface area contributed by atoms with Crippen molar-refractivity contribution in [2.24, 2.45) is 0 Å². The Morgan fingerprint density at radius 2 is 1.94 bits per heavy atom. The first kappa shape index (κ1) is 15.1. The molecule has 0 fully saturated rings. The molecule has 2 N–H and O–H groups in total. The predicted molar refractivity (Wildman–Crippen MR) is 73.9 cm³/mol. The van der Waals surface area contributed by atoms with E-state index < -0.39 is 10.0 Å². The minimum atomic E-state index is -3.15. The zero-order chi connectivity index (χ0) is 13.6. The Kier molecular flexibility index (Phi) is 5.77. The van der Waals surface area contributed by atoms with E-state index in [0.29, 0.717) is 25.1 Å². The highest BCUT2D eigenvalue weighted by Gasteiger charge is 2.08. The Balaban J connectivity index is 2.33. The van der Waals surface area contributed by atoms with Gasteiger partial charge in [-0.25, -0.2) is 13.1 Å². The third-order valence-electron chi connectivity index (χ3n) is 2.12. The molecule has 100 valence electrons. The first-order valence-corrected chi connectivity index (χ1v) is 8.06. The van der Waals surface area contributed by atoms with Gasteiger partial charge in [0.25, 0.3) is 5.91 Å². The Labute approximate surface area is 115 Å². The number of hydrogen-bond acceptors (Lipinski definition) is 3. The normalized spacial score (nSPS) is 11.2. The van der Waals surface area contributed by atoms with E-state index in [2.05, 4.69) is 26.0 Å². The summed E-state index contributed by atoms with van der Waals surface area (Å²) in [6.07, 6.45) is 1.65. The molecule has 0 aliphatic heterocycles. The van der Waals surface area contributed by atoms with Gasteiger partial charge in [0, 0.05) is 17.6 Å². The fourth-order valence-corrected chi connectivity index (χ4v) is 2.27. The van der Waals surface area contributed by atoms with Crippen molar-refractivity contribution in [1.29, 1.82) is 0 Å². The van der Waals surface area contributed by atoms with E-state index in [1.54, 1.807) is 18.2 Å². The topological polar surface area (TPSA) is 75.3 Å². The van der Waals surface area contributed by atoms with Crippen molar-refractivity contribution in [3.63, 3.8) is 0 Å². The molecule has 0 saturated heterocycles. The van der Waals surface area contributed by atoms with Gasteiger partial charge in [-0.1, -0.05) is 12.1 Å². The van der Waals surface area contributed by atoms with E-state index in [1.165, 1.54) is 0 Å². The Morgan fingerprint density at radius 3 is 2.56 bits per heavy atom. The van der Waals surface area contributed by atoms with Crippen LogP contribution in [0.3, 0.4) is 0 Å². The van der Waals surface area contributed by atoms with Gasteiger partial charge in [-0.05, 0) is 34.5 Å². The van der Waals surface area contributed by atoms with E-state index in [4.69, 9.17) is 0 Å². The van der Waals surface area contributed by atoms with Crippen LogP contribution in [0.1, 0.15) is 16.8 Å². The maximum atomic E-state index is 11.7. The Morgan fingerprint density at radius 1 is 1.28 bits per heavy atom. The van der Waals surface area contributed by atoms with Gasteiger partial charge in [0.15, 0.2) is 0 Å². The lowest BCUT2D eigenvalue weighted by atomic mass is 10.2. The van der Waals surface area contributed by atoms with Gasteiger partial charge < -0.3 is 5.32 Å². The summed E-state index contributed by atoms with van der Waals surface area (Å²) in [5.74, 6) is -0.179. The summed E-state index contributed by atoms with van der Waals surface area (Å²) in [6.45, 7) is 0.734. The molecule has 0 aliphatic carbocycles. The molecule has 1 aromatic rings. The van der Waals surface area contributed by atoms with Crippen LogP contribution in [0.5, 0.6) is 0 Å². The lowest BCUT2D eigenvalue weighted by molar-refractivity contribution is 0.0952. The molecule has 0 atom stereocenters. The van der Waals surface area contributed by atoms with E-state index in [1.807, 2.05) is 6.07 Å². The first-order chi connectivity index (χ1) is 8.40. The molecule has 1 amide bonds. The molecule has 1 rings (SSSR count). The minimum absolute atomic E-state index is 0.179. The number of carbonyl (C=O) groups is 1. The van der Waals surface area contributed by atoms with Crippen LogP contribution in [0, 0.1) is 0 Å². The lowest BCUT2D eigenvalue weighted by Crippen LogP contribution is -2.29. The van der Waals surface area contributed by atoms with Gasteiger partial charge in [-0.2, -0.15) is 0 Å². The van der Waals surface area contributed by atoms with E-state index in [-0.39, 0.29) is 5.91 Å². The van der Waals surface area contributed by atoms with Crippen molar-refractivity contribution >= 4 is 31.9 Å². The van der Waals surface area contributed by atoms with Crippen molar-refractivity contribution in [1.82, 2.24) is 10.0 Å². The molecule has 0 radical (unpaired) electrons. The number of benzene rings is 1. The summed E-state index contributed by atoms with van der Waals surface area (Å²) in [5.41, 5.74) is 0.563.